The average molecular weight is 438 g/mol. The fourth-order valence-electron chi connectivity index (χ4n) is 3.75. The Morgan fingerprint density at radius 1 is 1.12 bits per heavy atom. The molecule has 1 amide bonds. The molecule has 2 heterocycles. The highest BCUT2D eigenvalue weighted by Gasteiger charge is 2.27. The Morgan fingerprint density at radius 3 is 2.62 bits per heavy atom. The van der Waals surface area contributed by atoms with Crippen molar-refractivity contribution < 1.29 is 9.53 Å². The number of rotatable bonds is 8. The summed E-state index contributed by atoms with van der Waals surface area (Å²) in [5, 5.41) is 9.35. The van der Waals surface area contributed by atoms with Gasteiger partial charge in [-0.1, -0.05) is 35.9 Å². The number of pyridine rings is 1. The molecule has 1 fully saturated rings. The van der Waals surface area contributed by atoms with Crippen LogP contribution >= 0.6 is 0 Å². The number of benzene rings is 1. The van der Waals surface area contributed by atoms with E-state index in [2.05, 4.69) is 52.1 Å². The fraction of sp³-hybridized carbons (Fsp3) is 0.480. The zero-order chi connectivity index (χ0) is 22.8. The quantitative estimate of drug-likeness (QED) is 0.432. The second-order valence-corrected chi connectivity index (χ2v) is 8.27. The number of guanidine groups is 1. The van der Waals surface area contributed by atoms with E-state index < -0.39 is 0 Å². The molecule has 1 aromatic heterocycles. The van der Waals surface area contributed by atoms with E-state index >= 15 is 0 Å². The third kappa shape index (κ3) is 7.34. The molecule has 1 aliphatic heterocycles. The minimum Gasteiger partial charge on any atom is -0.373 e. The smallest absolute Gasteiger partial charge is 0.227 e. The van der Waals surface area contributed by atoms with Gasteiger partial charge < -0.3 is 20.7 Å². The summed E-state index contributed by atoms with van der Waals surface area (Å²) in [4.78, 5) is 21.2. The van der Waals surface area contributed by atoms with Gasteiger partial charge in [0.1, 0.15) is 5.82 Å². The predicted molar refractivity (Wildman–Crippen MR) is 129 cm³/mol. The molecule has 7 nitrogen and oxygen atoms in total. The second kappa shape index (κ2) is 12.2. The Balaban J connectivity index is 1.52. The number of amides is 1. The largest absolute Gasteiger partial charge is 0.373 e. The lowest BCUT2D eigenvalue weighted by Crippen LogP contribution is -2.39. The molecule has 32 heavy (non-hydrogen) atoms. The van der Waals surface area contributed by atoms with Crippen LogP contribution < -0.4 is 16.0 Å². The van der Waals surface area contributed by atoms with Crippen LogP contribution in [-0.2, 0) is 9.53 Å². The van der Waals surface area contributed by atoms with E-state index in [0.717, 1.165) is 37.5 Å². The summed E-state index contributed by atoms with van der Waals surface area (Å²) in [6.07, 6.45) is 4.29. The molecule has 7 heteroatoms. The summed E-state index contributed by atoms with van der Waals surface area (Å²) in [6, 6.07) is 12.3. The summed E-state index contributed by atoms with van der Waals surface area (Å²) >= 11 is 0. The Morgan fingerprint density at radius 2 is 1.91 bits per heavy atom. The van der Waals surface area contributed by atoms with Gasteiger partial charge in [-0.3, -0.25) is 9.79 Å². The molecule has 2 atom stereocenters. The summed E-state index contributed by atoms with van der Waals surface area (Å²) in [5.74, 6) is 1.55. The van der Waals surface area contributed by atoms with Gasteiger partial charge >= 0.3 is 0 Å². The van der Waals surface area contributed by atoms with E-state index in [0.29, 0.717) is 31.2 Å². The number of carbonyl (C=O) groups is 1. The van der Waals surface area contributed by atoms with E-state index in [1.165, 1.54) is 11.1 Å². The highest BCUT2D eigenvalue weighted by atomic mass is 16.5. The SMILES string of the molecule is CCNC(=NCC1CCCOC1c1ccc(C)cc1)NCCC(=O)Nc1ccc(C)cn1. The molecular formula is C25H35N5O2. The zero-order valence-corrected chi connectivity index (χ0v) is 19.4. The van der Waals surface area contributed by atoms with Crippen LogP contribution in [0.15, 0.2) is 47.6 Å². The molecule has 0 spiro atoms. The number of nitrogens with zero attached hydrogens (tertiary/aromatic N) is 2. The Hall–Kier alpha value is -2.93. The van der Waals surface area contributed by atoms with Crippen LogP contribution in [0.25, 0.3) is 0 Å². The Labute approximate surface area is 191 Å². The van der Waals surface area contributed by atoms with Gasteiger partial charge in [-0.2, -0.15) is 0 Å². The molecule has 3 rings (SSSR count). The van der Waals surface area contributed by atoms with E-state index in [-0.39, 0.29) is 12.0 Å². The number of hydrogen-bond donors (Lipinski definition) is 3. The highest BCUT2D eigenvalue weighted by molar-refractivity contribution is 5.90. The van der Waals surface area contributed by atoms with Crippen molar-refractivity contribution in [2.75, 3.05) is 31.6 Å². The Kier molecular flexibility index (Phi) is 9.04. The van der Waals surface area contributed by atoms with Gasteiger partial charge in [-0.25, -0.2) is 4.98 Å². The maximum absolute atomic E-state index is 12.2. The lowest BCUT2D eigenvalue weighted by Gasteiger charge is -2.31. The fourth-order valence-corrected chi connectivity index (χ4v) is 3.75. The van der Waals surface area contributed by atoms with Gasteiger partial charge in [0.15, 0.2) is 5.96 Å². The van der Waals surface area contributed by atoms with Crippen molar-refractivity contribution in [2.24, 2.45) is 10.9 Å². The van der Waals surface area contributed by atoms with Crippen molar-refractivity contribution in [1.82, 2.24) is 15.6 Å². The first-order chi connectivity index (χ1) is 15.5. The topological polar surface area (TPSA) is 87.6 Å². The van der Waals surface area contributed by atoms with E-state index in [9.17, 15) is 4.79 Å². The van der Waals surface area contributed by atoms with Crippen molar-refractivity contribution in [3.63, 3.8) is 0 Å². The van der Waals surface area contributed by atoms with Gasteiger partial charge in [-0.15, -0.1) is 0 Å². The first-order valence-electron chi connectivity index (χ1n) is 11.5. The van der Waals surface area contributed by atoms with Gasteiger partial charge in [-0.05, 0) is 50.8 Å². The molecule has 2 unspecified atom stereocenters. The minimum atomic E-state index is -0.0789. The van der Waals surface area contributed by atoms with Gasteiger partial charge in [0.2, 0.25) is 5.91 Å². The molecule has 2 aromatic rings. The highest BCUT2D eigenvalue weighted by Crippen LogP contribution is 2.33. The van der Waals surface area contributed by atoms with E-state index in [1.807, 2.05) is 26.0 Å². The van der Waals surface area contributed by atoms with E-state index in [4.69, 9.17) is 9.73 Å². The number of nitrogens with one attached hydrogen (secondary N) is 3. The van der Waals surface area contributed by atoms with Crippen LogP contribution in [0.3, 0.4) is 0 Å². The van der Waals surface area contributed by atoms with Crippen molar-refractivity contribution >= 4 is 17.7 Å². The first-order valence-corrected chi connectivity index (χ1v) is 11.5. The summed E-state index contributed by atoms with van der Waals surface area (Å²) in [6.45, 7) is 8.81. The van der Waals surface area contributed by atoms with Crippen molar-refractivity contribution in [2.45, 2.75) is 46.1 Å². The number of ether oxygens (including phenoxy) is 1. The summed E-state index contributed by atoms with van der Waals surface area (Å²) in [5.41, 5.74) is 3.53. The number of anilines is 1. The molecular weight excluding hydrogens is 402 g/mol. The molecule has 1 aromatic carbocycles. The summed E-state index contributed by atoms with van der Waals surface area (Å²) < 4.78 is 6.12. The molecule has 0 radical (unpaired) electrons. The maximum atomic E-state index is 12.2. The lowest BCUT2D eigenvalue weighted by atomic mass is 9.89. The van der Waals surface area contributed by atoms with Crippen molar-refractivity contribution in [3.8, 4) is 0 Å². The van der Waals surface area contributed by atoms with Crippen molar-refractivity contribution in [1.29, 1.82) is 0 Å². The van der Waals surface area contributed by atoms with Crippen molar-refractivity contribution in [3.05, 3.63) is 59.3 Å². The van der Waals surface area contributed by atoms with Crippen LogP contribution in [0.1, 0.15) is 49.0 Å². The third-order valence-corrected chi connectivity index (χ3v) is 5.50. The summed E-state index contributed by atoms with van der Waals surface area (Å²) in [7, 11) is 0. The zero-order valence-electron chi connectivity index (χ0n) is 19.4. The maximum Gasteiger partial charge on any atom is 0.227 e. The molecule has 172 valence electrons. The van der Waals surface area contributed by atoms with Gasteiger partial charge in [0, 0.05) is 44.8 Å². The first kappa shape index (κ1) is 23.7. The van der Waals surface area contributed by atoms with Crippen LogP contribution in [-0.4, -0.2) is 43.1 Å². The monoisotopic (exact) mass is 437 g/mol. The number of hydrogen-bond acceptors (Lipinski definition) is 4. The van der Waals surface area contributed by atoms with E-state index in [1.54, 1.807) is 6.20 Å². The molecule has 1 saturated heterocycles. The average Bonchev–Trinajstić information content (AvgIpc) is 2.80. The lowest BCUT2D eigenvalue weighted by molar-refractivity contribution is -0.116. The van der Waals surface area contributed by atoms with Crippen LogP contribution in [0, 0.1) is 19.8 Å². The Bertz CT molecular complexity index is 880. The van der Waals surface area contributed by atoms with Crippen LogP contribution in [0.5, 0.6) is 0 Å². The van der Waals surface area contributed by atoms with Gasteiger partial charge in [0.25, 0.3) is 0 Å². The third-order valence-electron chi connectivity index (χ3n) is 5.50. The number of carbonyl (C=O) groups excluding carboxylic acids is 1. The number of aliphatic imine (C=N–C) groups is 1. The number of aryl methyl sites for hydroxylation is 2. The molecule has 3 N–H and O–H groups in total. The normalized spacial score (nSPS) is 18.8. The predicted octanol–water partition coefficient (Wildman–Crippen LogP) is 3.75. The molecule has 0 saturated carbocycles. The molecule has 1 aliphatic rings. The number of aromatic nitrogens is 1. The standard InChI is InChI=1S/C25H35N5O2/c1-4-26-25(27-14-13-23(31)30-22-12-9-19(3)16-28-22)29-17-21-6-5-15-32-24(21)20-10-7-18(2)8-11-20/h7-12,16,21,24H,4-6,13-15,17H2,1-3H3,(H2,26,27,29)(H,28,30,31). The molecule has 0 aliphatic carbocycles. The molecule has 0 bridgehead atoms. The van der Waals surface area contributed by atoms with Crippen LogP contribution in [0.4, 0.5) is 5.82 Å². The minimum absolute atomic E-state index is 0.0729. The van der Waals surface area contributed by atoms with Gasteiger partial charge in [0.05, 0.1) is 6.10 Å². The van der Waals surface area contributed by atoms with Crippen LogP contribution in [0.2, 0.25) is 0 Å². The second-order valence-electron chi connectivity index (χ2n) is 8.27.